The first-order chi connectivity index (χ1) is 15.1. The summed E-state index contributed by atoms with van der Waals surface area (Å²) in [6, 6.07) is 20.0. The maximum Gasteiger partial charge on any atom is 0.222 e. The average molecular weight is 420 g/mol. The molecule has 0 aliphatic carbocycles. The molecule has 1 heterocycles. The van der Waals surface area contributed by atoms with Crippen molar-refractivity contribution < 1.29 is 9.84 Å². The fourth-order valence-corrected chi connectivity index (χ4v) is 3.72. The third-order valence-corrected chi connectivity index (χ3v) is 5.19. The predicted octanol–water partition coefficient (Wildman–Crippen LogP) is 5.42. The molecule has 1 aromatic heterocycles. The second-order valence-electron chi connectivity index (χ2n) is 7.79. The van der Waals surface area contributed by atoms with E-state index in [1.165, 1.54) is 0 Å². The highest BCUT2D eigenvalue weighted by atomic mass is 16.5. The van der Waals surface area contributed by atoms with Crippen molar-refractivity contribution in [3.05, 3.63) is 78.9 Å². The number of rotatable bonds is 12. The Kier molecular flexibility index (Phi) is 8.44. The molecule has 5 heteroatoms. The summed E-state index contributed by atoms with van der Waals surface area (Å²) in [5, 5.41) is 15.3. The van der Waals surface area contributed by atoms with Gasteiger partial charge in [-0.25, -0.2) is 4.68 Å². The van der Waals surface area contributed by atoms with Crippen molar-refractivity contribution in [2.75, 3.05) is 13.1 Å². The lowest BCUT2D eigenvalue weighted by atomic mass is 10.1. The summed E-state index contributed by atoms with van der Waals surface area (Å²) in [6.45, 7) is 8.07. The molecule has 0 aliphatic rings. The standard InChI is InChI=1S/C26H33N3O2/c1-4-6-15-22(30)19-29(18-5-2)20-24-25(21-13-9-7-10-14-21)27-28(3)26(24)31-23-16-11-8-12-17-23/h4,7-14,16-17,22,30H,1,5-6,15,18-20H2,2-3H3/t22-/m0/s1. The van der Waals surface area contributed by atoms with Crippen molar-refractivity contribution in [1.29, 1.82) is 0 Å². The van der Waals surface area contributed by atoms with Crippen LogP contribution >= 0.6 is 0 Å². The van der Waals surface area contributed by atoms with Gasteiger partial charge < -0.3 is 9.84 Å². The van der Waals surface area contributed by atoms with Crippen molar-refractivity contribution in [1.82, 2.24) is 14.7 Å². The van der Waals surface area contributed by atoms with E-state index < -0.39 is 0 Å². The molecule has 0 saturated heterocycles. The first kappa shape index (κ1) is 22.8. The van der Waals surface area contributed by atoms with Gasteiger partial charge in [0.2, 0.25) is 5.88 Å². The Bertz CT molecular complexity index is 938. The minimum atomic E-state index is -0.389. The van der Waals surface area contributed by atoms with Crippen LogP contribution in [0.15, 0.2) is 73.3 Å². The normalized spacial score (nSPS) is 12.1. The molecule has 0 saturated carbocycles. The van der Waals surface area contributed by atoms with Gasteiger partial charge in [0.05, 0.1) is 11.7 Å². The lowest BCUT2D eigenvalue weighted by Gasteiger charge is -2.25. The Hall–Kier alpha value is -2.89. The van der Waals surface area contributed by atoms with E-state index in [1.54, 1.807) is 0 Å². The van der Waals surface area contributed by atoms with E-state index >= 15 is 0 Å². The van der Waals surface area contributed by atoms with Gasteiger partial charge >= 0.3 is 0 Å². The minimum absolute atomic E-state index is 0.389. The number of hydrogen-bond acceptors (Lipinski definition) is 4. The van der Waals surface area contributed by atoms with E-state index in [9.17, 15) is 5.11 Å². The highest BCUT2D eigenvalue weighted by Crippen LogP contribution is 2.34. The van der Waals surface area contributed by atoms with Gasteiger partial charge in [-0.05, 0) is 37.9 Å². The molecule has 31 heavy (non-hydrogen) atoms. The van der Waals surface area contributed by atoms with Gasteiger partial charge in [0.15, 0.2) is 0 Å². The van der Waals surface area contributed by atoms with E-state index in [2.05, 4.69) is 30.5 Å². The van der Waals surface area contributed by atoms with E-state index in [1.807, 2.05) is 66.3 Å². The van der Waals surface area contributed by atoms with Gasteiger partial charge in [0.25, 0.3) is 0 Å². The van der Waals surface area contributed by atoms with Crippen LogP contribution in [0.4, 0.5) is 0 Å². The molecule has 0 amide bonds. The van der Waals surface area contributed by atoms with Gasteiger partial charge in [0, 0.05) is 25.7 Å². The maximum atomic E-state index is 10.5. The number of benzene rings is 2. The molecular formula is C26H33N3O2. The van der Waals surface area contributed by atoms with Crippen molar-refractivity contribution in [3.8, 4) is 22.9 Å². The second kappa shape index (κ2) is 11.5. The molecule has 0 unspecified atom stereocenters. The molecule has 0 bridgehead atoms. The van der Waals surface area contributed by atoms with E-state index in [0.717, 1.165) is 54.3 Å². The predicted molar refractivity (Wildman–Crippen MR) is 126 cm³/mol. The Balaban J connectivity index is 1.95. The number of aliphatic hydroxyl groups excluding tert-OH is 1. The Morgan fingerprint density at radius 1 is 1.13 bits per heavy atom. The Labute approximate surface area is 185 Å². The van der Waals surface area contributed by atoms with Crippen LogP contribution in [0.25, 0.3) is 11.3 Å². The van der Waals surface area contributed by atoms with Crippen LogP contribution in [0.5, 0.6) is 11.6 Å². The van der Waals surface area contributed by atoms with Crippen LogP contribution in [-0.2, 0) is 13.6 Å². The summed E-state index contributed by atoms with van der Waals surface area (Å²) in [4.78, 5) is 2.29. The second-order valence-corrected chi connectivity index (χ2v) is 7.79. The molecule has 1 N–H and O–H groups in total. The molecule has 0 spiro atoms. The fourth-order valence-electron chi connectivity index (χ4n) is 3.72. The minimum Gasteiger partial charge on any atom is -0.439 e. The van der Waals surface area contributed by atoms with Crippen LogP contribution in [0, 0.1) is 0 Å². The number of hydrogen-bond donors (Lipinski definition) is 1. The number of nitrogens with zero attached hydrogens (tertiary/aromatic N) is 3. The highest BCUT2D eigenvalue weighted by molar-refractivity contribution is 5.65. The molecule has 3 rings (SSSR count). The lowest BCUT2D eigenvalue weighted by molar-refractivity contribution is 0.102. The molecule has 3 aromatic rings. The number of aliphatic hydroxyl groups is 1. The molecule has 164 valence electrons. The number of para-hydroxylation sites is 1. The smallest absolute Gasteiger partial charge is 0.222 e. The SMILES string of the molecule is C=CCC[C@H](O)CN(CCC)Cc1c(-c2ccccc2)nn(C)c1Oc1ccccc1. The number of aryl methyl sites for hydroxylation is 1. The summed E-state index contributed by atoms with van der Waals surface area (Å²) in [6.07, 6.45) is 4.00. The zero-order valence-electron chi connectivity index (χ0n) is 18.6. The van der Waals surface area contributed by atoms with Gasteiger partial charge in [-0.2, -0.15) is 5.10 Å². The van der Waals surface area contributed by atoms with Crippen molar-refractivity contribution in [2.24, 2.45) is 7.05 Å². The molecule has 5 nitrogen and oxygen atoms in total. The molecule has 2 aromatic carbocycles. The lowest BCUT2D eigenvalue weighted by Crippen LogP contribution is -2.33. The van der Waals surface area contributed by atoms with Crippen LogP contribution in [0.1, 0.15) is 31.7 Å². The summed E-state index contributed by atoms with van der Waals surface area (Å²) in [7, 11) is 1.91. The molecule has 0 radical (unpaired) electrons. The summed E-state index contributed by atoms with van der Waals surface area (Å²) in [5.41, 5.74) is 3.00. The number of allylic oxidation sites excluding steroid dienone is 1. The number of aromatic nitrogens is 2. The molecule has 1 atom stereocenters. The third-order valence-electron chi connectivity index (χ3n) is 5.19. The monoisotopic (exact) mass is 419 g/mol. The van der Waals surface area contributed by atoms with Crippen LogP contribution < -0.4 is 4.74 Å². The Morgan fingerprint density at radius 2 is 1.81 bits per heavy atom. The zero-order valence-corrected chi connectivity index (χ0v) is 18.6. The zero-order chi connectivity index (χ0) is 22.1. The Morgan fingerprint density at radius 3 is 2.45 bits per heavy atom. The first-order valence-electron chi connectivity index (χ1n) is 11.0. The van der Waals surface area contributed by atoms with Crippen molar-refractivity contribution in [2.45, 2.75) is 38.8 Å². The summed E-state index contributed by atoms with van der Waals surface area (Å²) >= 11 is 0. The van der Waals surface area contributed by atoms with Gasteiger partial charge in [-0.3, -0.25) is 4.90 Å². The van der Waals surface area contributed by atoms with Gasteiger partial charge in [-0.15, -0.1) is 6.58 Å². The molecular weight excluding hydrogens is 386 g/mol. The number of ether oxygens (including phenoxy) is 1. The van der Waals surface area contributed by atoms with Gasteiger partial charge in [0.1, 0.15) is 11.4 Å². The third kappa shape index (κ3) is 6.29. The largest absolute Gasteiger partial charge is 0.439 e. The molecule has 0 aliphatic heterocycles. The van der Waals surface area contributed by atoms with Crippen molar-refractivity contribution in [3.63, 3.8) is 0 Å². The average Bonchev–Trinajstić information content (AvgIpc) is 3.09. The van der Waals surface area contributed by atoms with E-state index in [4.69, 9.17) is 9.84 Å². The van der Waals surface area contributed by atoms with Crippen LogP contribution in [-0.4, -0.2) is 39.0 Å². The van der Waals surface area contributed by atoms with Crippen LogP contribution in [0.3, 0.4) is 0 Å². The topological polar surface area (TPSA) is 50.5 Å². The van der Waals surface area contributed by atoms with Crippen LogP contribution in [0.2, 0.25) is 0 Å². The first-order valence-corrected chi connectivity index (χ1v) is 11.0. The molecule has 0 fully saturated rings. The van der Waals surface area contributed by atoms with E-state index in [0.29, 0.717) is 13.1 Å². The summed E-state index contributed by atoms with van der Waals surface area (Å²) < 4.78 is 8.10. The van der Waals surface area contributed by atoms with Crippen molar-refractivity contribution >= 4 is 0 Å². The summed E-state index contributed by atoms with van der Waals surface area (Å²) in [5.74, 6) is 1.51. The fraction of sp³-hybridized carbons (Fsp3) is 0.346. The van der Waals surface area contributed by atoms with Gasteiger partial charge in [-0.1, -0.05) is 61.5 Å². The highest BCUT2D eigenvalue weighted by Gasteiger charge is 2.23. The quantitative estimate of drug-likeness (QED) is 0.398. The van der Waals surface area contributed by atoms with E-state index in [-0.39, 0.29) is 6.10 Å². The maximum absolute atomic E-state index is 10.5.